The number of carbonyl (C=O) groups is 8. The Morgan fingerprint density at radius 2 is 0.730 bits per heavy atom. The summed E-state index contributed by atoms with van der Waals surface area (Å²) in [4.78, 5) is 127. The molecule has 0 bridgehead atoms. The molecule has 6 heterocycles. The molecule has 11 rings (SSSR count). The molecule has 0 saturated carbocycles. The van der Waals surface area contributed by atoms with Crippen LogP contribution in [-0.4, -0.2) is 113 Å². The summed E-state index contributed by atoms with van der Waals surface area (Å²) in [5, 5.41) is 23.4. The number of thiophene rings is 2. The number of fused-ring (bicyclic) bond motifs is 2. The molecule has 16 nitrogen and oxygen atoms in total. The van der Waals surface area contributed by atoms with Crippen LogP contribution in [0.15, 0.2) is 36.4 Å². The number of nitriles is 2. The first-order valence-electron chi connectivity index (χ1n) is 37.1. The van der Waals surface area contributed by atoms with E-state index in [0.717, 1.165) is 159 Å². The fourth-order valence-corrected chi connectivity index (χ4v) is 17.6. The Labute approximate surface area is 596 Å². The van der Waals surface area contributed by atoms with Crippen molar-refractivity contribution in [3.05, 3.63) is 92.0 Å². The van der Waals surface area contributed by atoms with Crippen molar-refractivity contribution < 1.29 is 47.8 Å². The van der Waals surface area contributed by atoms with E-state index in [-0.39, 0.29) is 109 Å². The molecule has 4 aliphatic heterocycles. The van der Waals surface area contributed by atoms with Gasteiger partial charge in [0.15, 0.2) is 0 Å². The molecule has 2 unspecified atom stereocenters. The van der Waals surface area contributed by atoms with Gasteiger partial charge in [-0.05, 0) is 49.7 Å². The van der Waals surface area contributed by atoms with Gasteiger partial charge in [0.05, 0.1) is 22.3 Å². The van der Waals surface area contributed by atoms with Crippen LogP contribution in [0.25, 0.3) is 62.6 Å². The predicted octanol–water partition coefficient (Wildman–Crippen LogP) is 18.8. The summed E-state index contributed by atoms with van der Waals surface area (Å²) in [5.41, 5.74) is 1.05. The second-order valence-corrected chi connectivity index (χ2v) is 29.8. The van der Waals surface area contributed by atoms with Gasteiger partial charge in [-0.15, -0.1) is 0 Å². The first kappa shape index (κ1) is 72.9. The van der Waals surface area contributed by atoms with E-state index in [2.05, 4.69) is 68.1 Å². The quantitative estimate of drug-likeness (QED) is 0.0201. The SMILES string of the molecule is B=CN1C(=O)c2cc(-c3cc4c(OCC(CC)CCCC)c5sc(-c6cc7c8c(c(C#N)cc9c8c6C(=O)N(CCCCCCCC)C9=O)C(=O)N(CCCCCCCC)C7=O)cc5c(OCC(CC)CCCC)c4s3)c3c4c(cc(C#N)c(c24)C1=O)C(=O)N(CCCCCCCC)C3=O. The summed E-state index contributed by atoms with van der Waals surface area (Å²) in [6, 6.07) is 14.4. The van der Waals surface area contributed by atoms with Crippen molar-refractivity contribution in [1.82, 2.24) is 19.6 Å². The topological polar surface area (TPSA) is 216 Å². The third-order valence-corrected chi connectivity index (χ3v) is 23.4. The van der Waals surface area contributed by atoms with Gasteiger partial charge >= 0.3 is 247 Å². The number of unbranched alkanes of at least 4 members (excludes halogenated alkanes) is 17. The Bertz CT molecular complexity index is 4460. The molecule has 100 heavy (non-hydrogen) atoms. The van der Waals surface area contributed by atoms with Gasteiger partial charge in [0, 0.05) is 39.9 Å². The maximum atomic E-state index is 15.8. The molecule has 0 saturated heterocycles. The van der Waals surface area contributed by atoms with Gasteiger partial charge in [-0.3, -0.25) is 29.0 Å². The van der Waals surface area contributed by atoms with Crippen molar-refractivity contribution >= 4 is 125 Å². The van der Waals surface area contributed by atoms with E-state index < -0.39 is 47.3 Å². The molecule has 19 heteroatoms. The molecular weight excluding hydrogens is 1290 g/mol. The van der Waals surface area contributed by atoms with E-state index in [4.69, 9.17) is 9.47 Å². The van der Waals surface area contributed by atoms with Crippen LogP contribution in [0.1, 0.15) is 309 Å². The Hall–Kier alpha value is -8.39. The van der Waals surface area contributed by atoms with Crippen LogP contribution >= 0.6 is 22.7 Å². The summed E-state index contributed by atoms with van der Waals surface area (Å²) in [6.45, 7) is 16.0. The van der Waals surface area contributed by atoms with Crippen molar-refractivity contribution in [3.63, 3.8) is 0 Å². The number of ether oxygens (including phenoxy) is 2. The number of rotatable bonds is 38. The van der Waals surface area contributed by atoms with Gasteiger partial charge in [0.1, 0.15) is 6.07 Å². The zero-order valence-corrected chi connectivity index (χ0v) is 61.0. The molecule has 522 valence electrons. The van der Waals surface area contributed by atoms with E-state index >= 15 is 19.2 Å². The third kappa shape index (κ3) is 13.6. The van der Waals surface area contributed by atoms with E-state index in [9.17, 15) is 29.7 Å². The number of nitrogens with zero attached hydrogens (tertiary/aromatic N) is 6. The van der Waals surface area contributed by atoms with Crippen LogP contribution < -0.4 is 9.47 Å². The van der Waals surface area contributed by atoms with Crippen LogP contribution in [0.5, 0.6) is 11.5 Å². The number of benzene rings is 5. The average Bonchev–Trinajstić information content (AvgIpc) is 0.717. The van der Waals surface area contributed by atoms with Gasteiger partial charge in [-0.25, -0.2) is 0 Å². The number of imide groups is 4. The number of hydrogen-bond acceptors (Lipinski definition) is 14. The molecule has 7 aromatic rings. The van der Waals surface area contributed by atoms with Gasteiger partial charge in [0.25, 0.3) is 23.6 Å². The van der Waals surface area contributed by atoms with Crippen LogP contribution in [0.2, 0.25) is 0 Å². The fraction of sp³-hybridized carbons (Fsp3) is 0.494. The molecule has 0 aliphatic carbocycles. The monoisotopic (exact) mass is 1380 g/mol. The zero-order valence-electron chi connectivity index (χ0n) is 59.4. The molecule has 0 radical (unpaired) electrons. The first-order chi connectivity index (χ1) is 48.6. The Morgan fingerprint density at radius 3 is 1.09 bits per heavy atom. The van der Waals surface area contributed by atoms with Crippen molar-refractivity contribution in [2.24, 2.45) is 11.8 Å². The summed E-state index contributed by atoms with van der Waals surface area (Å²) in [6.07, 6.45) is 24.8. The van der Waals surface area contributed by atoms with Crippen molar-refractivity contribution in [1.29, 1.82) is 10.5 Å². The van der Waals surface area contributed by atoms with Crippen molar-refractivity contribution in [2.45, 2.75) is 215 Å². The van der Waals surface area contributed by atoms with E-state index in [1.807, 2.05) is 12.1 Å². The number of amides is 8. The molecule has 0 spiro atoms. The predicted molar refractivity (Wildman–Crippen MR) is 400 cm³/mol. The maximum absolute atomic E-state index is 15.8. The molecule has 0 fully saturated rings. The van der Waals surface area contributed by atoms with E-state index in [1.54, 1.807) is 12.1 Å². The van der Waals surface area contributed by atoms with Gasteiger partial charge in [0.2, 0.25) is 0 Å². The third-order valence-electron chi connectivity index (χ3n) is 21.0. The van der Waals surface area contributed by atoms with Gasteiger partial charge in [-0.1, -0.05) is 177 Å². The van der Waals surface area contributed by atoms with Crippen molar-refractivity contribution in [2.75, 3.05) is 32.8 Å². The Morgan fingerprint density at radius 1 is 0.400 bits per heavy atom. The van der Waals surface area contributed by atoms with Gasteiger partial charge < -0.3 is 0 Å². The first-order valence-corrected chi connectivity index (χ1v) is 38.8. The van der Waals surface area contributed by atoms with Crippen LogP contribution in [0, 0.1) is 34.5 Å². The average molecular weight is 1390 g/mol. The fourth-order valence-electron chi connectivity index (χ4n) is 15.2. The minimum absolute atomic E-state index is 0.00332. The summed E-state index contributed by atoms with van der Waals surface area (Å²) < 4.78 is 16.0. The minimum atomic E-state index is -0.788. The molecule has 4 aliphatic rings. The molecule has 8 amide bonds. The summed E-state index contributed by atoms with van der Waals surface area (Å²) >= 11 is 2.70. The summed E-state index contributed by atoms with van der Waals surface area (Å²) in [7, 11) is 3.81. The normalized spacial score (nSPS) is 14.8. The number of hydrogen-bond donors (Lipinski definition) is 0. The zero-order chi connectivity index (χ0) is 71.1. The van der Waals surface area contributed by atoms with Gasteiger partial charge in [-0.2, -0.15) is 5.26 Å². The Kier molecular flexibility index (Phi) is 23.7. The second-order valence-electron chi connectivity index (χ2n) is 27.7. The van der Waals surface area contributed by atoms with Crippen molar-refractivity contribution in [3.8, 4) is 44.5 Å². The van der Waals surface area contributed by atoms with E-state index in [1.165, 1.54) is 49.5 Å². The molecule has 2 atom stereocenters. The Balaban J connectivity index is 1.18. The second kappa shape index (κ2) is 32.5. The van der Waals surface area contributed by atoms with E-state index in [0.29, 0.717) is 85.0 Å². The standard InChI is InChI=1S/C81H93BN6O10S2/c1-8-15-20-23-26-29-34-85-76(91)56-39-52(68-66-54(37-50(43-83)62(64(56)66)78(85)93)74(89)86(80(68)95)35-30-27-24-21-16-9-2)60-41-58-70(97-45-48(13-6)32-18-11-4)73-59(71(72(58)99-60)98-46-49(14-7)33-19-12-5)42-61(100-73)53-40-57-65-63(79(94)88(47-82)77(57)92)51(44-84)38-55-67(65)69(53)81(96)87(75(55)90)36-31-28-25-22-17-10-3/h37-42,47-49,82H,8-36,45-46H2,1-7H3. The van der Waals surface area contributed by atoms with Crippen LogP contribution in [0.3, 0.4) is 0 Å². The molecule has 0 N–H and O–H groups in total. The number of carbonyl (C=O) groups excluding carboxylic acids is 8. The van der Waals surface area contributed by atoms with Crippen LogP contribution in [-0.2, 0) is 0 Å². The molecule has 2 aromatic heterocycles. The summed E-state index contributed by atoms with van der Waals surface area (Å²) in [5.74, 6) is -3.76. The van der Waals surface area contributed by atoms with Crippen LogP contribution in [0.4, 0.5) is 0 Å². The molecule has 5 aromatic carbocycles. The molecular formula is C81H93BN6O10S2.